The van der Waals surface area contributed by atoms with E-state index in [9.17, 15) is 0 Å². The van der Waals surface area contributed by atoms with Crippen LogP contribution in [0.15, 0.2) is 0 Å². The molecule has 0 aliphatic carbocycles. The van der Waals surface area contributed by atoms with Gasteiger partial charge in [-0.25, -0.2) is 0 Å². The van der Waals surface area contributed by atoms with Gasteiger partial charge in [0.2, 0.25) is 0 Å². The van der Waals surface area contributed by atoms with E-state index in [0.29, 0.717) is 6.61 Å². The van der Waals surface area contributed by atoms with Crippen molar-refractivity contribution in [3.05, 3.63) is 0 Å². The van der Waals surface area contributed by atoms with Crippen LogP contribution < -0.4 is 0 Å². The molecule has 0 aromatic heterocycles. The second-order valence-corrected chi connectivity index (χ2v) is 7.26. The van der Waals surface area contributed by atoms with Crippen molar-refractivity contribution in [2.24, 2.45) is 0 Å². The predicted molar refractivity (Wildman–Crippen MR) is 66.0 cm³/mol. The van der Waals surface area contributed by atoms with Crippen molar-refractivity contribution in [2.45, 2.75) is 38.0 Å². The van der Waals surface area contributed by atoms with Gasteiger partial charge in [0.05, 0.1) is 12.2 Å². The fourth-order valence-electron chi connectivity index (χ4n) is 1.85. The SMILES string of the molecule is CO[Si](CCCOC(C)C1CCO1)(OC)OC. The molecule has 6 heteroatoms. The molecule has 1 fully saturated rings. The van der Waals surface area contributed by atoms with Crippen LogP contribution in [0.25, 0.3) is 0 Å². The Bertz CT molecular complexity index is 198. The highest BCUT2D eigenvalue weighted by molar-refractivity contribution is 6.60. The first-order valence-electron chi connectivity index (χ1n) is 6.06. The summed E-state index contributed by atoms with van der Waals surface area (Å²) in [6.45, 7) is 3.61. The topological polar surface area (TPSA) is 46.2 Å². The van der Waals surface area contributed by atoms with Crippen LogP contribution in [-0.2, 0) is 22.8 Å². The normalized spacial score (nSPS) is 22.2. The zero-order valence-corrected chi connectivity index (χ0v) is 12.2. The molecule has 1 rings (SSSR count). The van der Waals surface area contributed by atoms with E-state index in [4.69, 9.17) is 22.8 Å². The maximum Gasteiger partial charge on any atom is 0.500 e. The lowest BCUT2D eigenvalue weighted by atomic mass is 10.1. The third-order valence-electron chi connectivity index (χ3n) is 3.20. The Hall–Kier alpha value is 0.0169. The van der Waals surface area contributed by atoms with E-state index in [1.165, 1.54) is 0 Å². The molecule has 0 aromatic carbocycles. The van der Waals surface area contributed by atoms with Gasteiger partial charge < -0.3 is 22.8 Å². The fraction of sp³-hybridized carbons (Fsp3) is 1.00. The summed E-state index contributed by atoms with van der Waals surface area (Å²) in [5.41, 5.74) is 0. The molecule has 0 saturated carbocycles. The van der Waals surface area contributed by atoms with Gasteiger partial charge in [0, 0.05) is 40.6 Å². The minimum Gasteiger partial charge on any atom is -0.377 e. The van der Waals surface area contributed by atoms with E-state index in [1.807, 2.05) is 0 Å². The first kappa shape index (κ1) is 15.1. The monoisotopic (exact) mass is 264 g/mol. The molecule has 2 atom stereocenters. The fourth-order valence-corrected chi connectivity index (χ4v) is 3.54. The predicted octanol–water partition coefficient (Wildman–Crippen LogP) is 1.45. The molecule has 5 nitrogen and oxygen atoms in total. The van der Waals surface area contributed by atoms with Crippen LogP contribution in [0.4, 0.5) is 0 Å². The van der Waals surface area contributed by atoms with Crippen molar-refractivity contribution >= 4 is 8.80 Å². The molecule has 0 amide bonds. The Labute approximate surface area is 105 Å². The maximum absolute atomic E-state index is 5.71. The average Bonchev–Trinajstić information content (AvgIpc) is 2.28. The van der Waals surface area contributed by atoms with E-state index in [-0.39, 0.29) is 12.2 Å². The average molecular weight is 264 g/mol. The summed E-state index contributed by atoms with van der Waals surface area (Å²) in [5.74, 6) is 0. The third kappa shape index (κ3) is 4.31. The lowest BCUT2D eigenvalue weighted by molar-refractivity contribution is -0.131. The molecular weight excluding hydrogens is 240 g/mol. The maximum atomic E-state index is 5.71. The quantitative estimate of drug-likeness (QED) is 0.466. The zero-order valence-electron chi connectivity index (χ0n) is 11.2. The highest BCUT2D eigenvalue weighted by atomic mass is 28.4. The highest BCUT2D eigenvalue weighted by Crippen LogP contribution is 2.19. The molecule has 0 aromatic rings. The van der Waals surface area contributed by atoms with Gasteiger partial charge in [-0.3, -0.25) is 0 Å². The summed E-state index contributed by atoms with van der Waals surface area (Å²) in [6, 6.07) is 0.773. The summed E-state index contributed by atoms with van der Waals surface area (Å²) >= 11 is 0. The van der Waals surface area contributed by atoms with Crippen molar-refractivity contribution in [2.75, 3.05) is 34.5 Å². The third-order valence-corrected chi connectivity index (χ3v) is 6.03. The van der Waals surface area contributed by atoms with Gasteiger partial charge in [-0.05, 0) is 19.8 Å². The van der Waals surface area contributed by atoms with Gasteiger partial charge in [0.25, 0.3) is 0 Å². The molecule has 0 bridgehead atoms. The first-order valence-corrected chi connectivity index (χ1v) is 7.99. The molecule has 17 heavy (non-hydrogen) atoms. The molecule has 1 aliphatic heterocycles. The molecule has 2 unspecified atom stereocenters. The van der Waals surface area contributed by atoms with E-state index in [1.54, 1.807) is 21.3 Å². The molecule has 102 valence electrons. The van der Waals surface area contributed by atoms with Crippen molar-refractivity contribution < 1.29 is 22.8 Å². The van der Waals surface area contributed by atoms with Crippen molar-refractivity contribution in [1.29, 1.82) is 0 Å². The van der Waals surface area contributed by atoms with Crippen LogP contribution in [0.5, 0.6) is 0 Å². The molecule has 0 radical (unpaired) electrons. The van der Waals surface area contributed by atoms with Crippen LogP contribution in [0.3, 0.4) is 0 Å². The van der Waals surface area contributed by atoms with E-state index in [0.717, 1.165) is 25.5 Å². The van der Waals surface area contributed by atoms with Gasteiger partial charge in [-0.15, -0.1) is 0 Å². The molecule has 1 saturated heterocycles. The number of ether oxygens (including phenoxy) is 2. The van der Waals surface area contributed by atoms with E-state index < -0.39 is 8.80 Å². The number of hydrogen-bond donors (Lipinski definition) is 0. The van der Waals surface area contributed by atoms with Crippen molar-refractivity contribution in [3.63, 3.8) is 0 Å². The van der Waals surface area contributed by atoms with Crippen molar-refractivity contribution in [3.8, 4) is 0 Å². The van der Waals surface area contributed by atoms with E-state index in [2.05, 4.69) is 6.92 Å². The largest absolute Gasteiger partial charge is 0.500 e. The Kier molecular flexibility index (Phi) is 6.61. The van der Waals surface area contributed by atoms with E-state index >= 15 is 0 Å². The van der Waals surface area contributed by atoms with Crippen LogP contribution in [0.1, 0.15) is 19.8 Å². The second-order valence-electron chi connectivity index (χ2n) is 4.17. The first-order chi connectivity index (χ1) is 8.17. The second kappa shape index (κ2) is 7.45. The lowest BCUT2D eigenvalue weighted by Crippen LogP contribution is -2.43. The zero-order chi connectivity index (χ0) is 12.7. The molecule has 0 spiro atoms. The standard InChI is InChI=1S/C11H24O5Si/c1-10(11-6-8-16-11)15-7-5-9-17(12-2,13-3)14-4/h10-11H,5-9H2,1-4H3. The van der Waals surface area contributed by atoms with Crippen LogP contribution in [0, 0.1) is 0 Å². The summed E-state index contributed by atoms with van der Waals surface area (Å²) in [6.07, 6.45) is 2.43. The number of hydrogen-bond acceptors (Lipinski definition) is 5. The van der Waals surface area contributed by atoms with Gasteiger partial charge in [0.15, 0.2) is 0 Å². The molecule has 1 heterocycles. The Morgan fingerprint density at radius 3 is 2.24 bits per heavy atom. The van der Waals surface area contributed by atoms with Gasteiger partial charge in [0.1, 0.15) is 0 Å². The summed E-state index contributed by atoms with van der Waals surface area (Å²) in [4.78, 5) is 0. The lowest BCUT2D eigenvalue weighted by Gasteiger charge is -2.32. The van der Waals surface area contributed by atoms with Gasteiger partial charge in [-0.1, -0.05) is 0 Å². The van der Waals surface area contributed by atoms with Gasteiger partial charge >= 0.3 is 8.80 Å². The minimum atomic E-state index is -2.42. The summed E-state index contributed by atoms with van der Waals surface area (Å²) in [5, 5.41) is 0. The summed E-state index contributed by atoms with van der Waals surface area (Å²) < 4.78 is 27.1. The molecule has 1 aliphatic rings. The molecule has 0 N–H and O–H groups in total. The van der Waals surface area contributed by atoms with Gasteiger partial charge in [-0.2, -0.15) is 0 Å². The smallest absolute Gasteiger partial charge is 0.377 e. The Balaban J connectivity index is 2.13. The minimum absolute atomic E-state index is 0.174. The van der Waals surface area contributed by atoms with Crippen LogP contribution >= 0.6 is 0 Å². The number of rotatable bonds is 9. The van der Waals surface area contributed by atoms with Crippen molar-refractivity contribution in [1.82, 2.24) is 0 Å². The molecular formula is C11H24O5Si. The summed E-state index contributed by atoms with van der Waals surface area (Å²) in [7, 11) is 2.47. The van der Waals surface area contributed by atoms with Crippen LogP contribution in [0.2, 0.25) is 6.04 Å². The highest BCUT2D eigenvalue weighted by Gasteiger charge is 2.37. The Morgan fingerprint density at radius 2 is 1.82 bits per heavy atom. The Morgan fingerprint density at radius 1 is 1.24 bits per heavy atom. The van der Waals surface area contributed by atoms with Crippen LogP contribution in [-0.4, -0.2) is 55.6 Å².